The highest BCUT2D eigenvalue weighted by molar-refractivity contribution is 6.08. The van der Waals surface area contributed by atoms with Gasteiger partial charge in [-0.25, -0.2) is 4.79 Å². The van der Waals surface area contributed by atoms with Crippen molar-refractivity contribution in [1.82, 2.24) is 5.32 Å². The number of fused-ring (bicyclic) bond motifs is 1. The average Bonchev–Trinajstić information content (AvgIpc) is 2.37. The molecule has 0 atom stereocenters. The van der Waals surface area contributed by atoms with E-state index in [-0.39, 0.29) is 18.7 Å². The maximum Gasteiger partial charge on any atom is 0.404 e. The molecule has 0 aliphatic heterocycles. The normalized spacial score (nSPS) is 10.2. The van der Waals surface area contributed by atoms with Crippen LogP contribution in [0.4, 0.5) is 4.79 Å². The highest BCUT2D eigenvalue weighted by Gasteiger charge is 2.09. The second-order valence-corrected chi connectivity index (χ2v) is 3.93. The summed E-state index contributed by atoms with van der Waals surface area (Å²) >= 11 is 0. The molecule has 92 valence electrons. The number of carbonyl (C=O) groups excluding carboxylic acids is 1. The summed E-state index contributed by atoms with van der Waals surface area (Å²) < 4.78 is 0. The van der Waals surface area contributed by atoms with Crippen LogP contribution >= 0.6 is 0 Å². The monoisotopic (exact) mass is 243 g/mol. The van der Waals surface area contributed by atoms with Crippen LogP contribution in [0.1, 0.15) is 16.8 Å². The minimum Gasteiger partial charge on any atom is -0.465 e. The van der Waals surface area contributed by atoms with Gasteiger partial charge in [-0.2, -0.15) is 0 Å². The number of amides is 1. The van der Waals surface area contributed by atoms with Gasteiger partial charge < -0.3 is 10.4 Å². The Kier molecular flexibility index (Phi) is 3.57. The van der Waals surface area contributed by atoms with Gasteiger partial charge in [-0.15, -0.1) is 0 Å². The fourth-order valence-corrected chi connectivity index (χ4v) is 1.89. The molecule has 0 fully saturated rings. The number of nitrogens with one attached hydrogen (secondary N) is 1. The molecule has 2 aromatic carbocycles. The lowest BCUT2D eigenvalue weighted by Crippen LogP contribution is -2.23. The molecule has 0 aliphatic rings. The average molecular weight is 243 g/mol. The van der Waals surface area contributed by atoms with E-state index in [1.807, 2.05) is 36.4 Å². The Bertz CT molecular complexity index is 587. The van der Waals surface area contributed by atoms with Crippen LogP contribution < -0.4 is 5.32 Å². The second kappa shape index (κ2) is 5.31. The second-order valence-electron chi connectivity index (χ2n) is 3.93. The lowest BCUT2D eigenvalue weighted by atomic mass is 10.00. The maximum absolute atomic E-state index is 12.0. The van der Waals surface area contributed by atoms with Gasteiger partial charge >= 0.3 is 6.09 Å². The van der Waals surface area contributed by atoms with Crippen molar-refractivity contribution in [2.45, 2.75) is 6.42 Å². The third kappa shape index (κ3) is 2.66. The molecular formula is C14H13NO3. The maximum atomic E-state index is 12.0. The standard InChI is InChI=1S/C14H13NO3/c16-13(8-9-15-14(17)18)12-7-3-5-10-4-1-2-6-11(10)12/h1-7,15H,8-9H2,(H,17,18). The zero-order chi connectivity index (χ0) is 13.0. The SMILES string of the molecule is O=C(O)NCCC(=O)c1cccc2ccccc12. The quantitative estimate of drug-likeness (QED) is 0.811. The summed E-state index contributed by atoms with van der Waals surface area (Å²) in [6, 6.07) is 13.2. The van der Waals surface area contributed by atoms with E-state index in [4.69, 9.17) is 5.11 Å². The van der Waals surface area contributed by atoms with E-state index in [1.54, 1.807) is 6.07 Å². The largest absolute Gasteiger partial charge is 0.465 e. The molecule has 0 radical (unpaired) electrons. The molecule has 0 spiro atoms. The number of hydrogen-bond donors (Lipinski definition) is 2. The topological polar surface area (TPSA) is 66.4 Å². The molecule has 0 heterocycles. The third-order valence-electron chi connectivity index (χ3n) is 2.72. The van der Waals surface area contributed by atoms with Gasteiger partial charge in [0.25, 0.3) is 0 Å². The van der Waals surface area contributed by atoms with Crippen molar-refractivity contribution in [3.05, 3.63) is 48.0 Å². The van der Waals surface area contributed by atoms with Crippen molar-refractivity contribution >= 4 is 22.6 Å². The van der Waals surface area contributed by atoms with Crippen LogP contribution in [-0.4, -0.2) is 23.5 Å². The molecular weight excluding hydrogens is 230 g/mol. The van der Waals surface area contributed by atoms with Crippen LogP contribution in [0.2, 0.25) is 0 Å². The van der Waals surface area contributed by atoms with Gasteiger partial charge in [-0.1, -0.05) is 42.5 Å². The van der Waals surface area contributed by atoms with Crippen LogP contribution in [-0.2, 0) is 0 Å². The van der Waals surface area contributed by atoms with E-state index >= 15 is 0 Å². The van der Waals surface area contributed by atoms with Gasteiger partial charge in [0.2, 0.25) is 0 Å². The molecule has 0 saturated heterocycles. The molecule has 0 aromatic heterocycles. The zero-order valence-corrected chi connectivity index (χ0v) is 9.72. The smallest absolute Gasteiger partial charge is 0.404 e. The van der Waals surface area contributed by atoms with Crippen molar-refractivity contribution in [1.29, 1.82) is 0 Å². The first kappa shape index (κ1) is 12.1. The number of carbonyl (C=O) groups is 2. The van der Waals surface area contributed by atoms with Crippen LogP contribution in [0.3, 0.4) is 0 Å². The summed E-state index contributed by atoms with van der Waals surface area (Å²) in [5.41, 5.74) is 0.639. The minimum absolute atomic E-state index is 0.0550. The highest BCUT2D eigenvalue weighted by Crippen LogP contribution is 2.19. The Morgan fingerprint density at radius 2 is 1.78 bits per heavy atom. The highest BCUT2D eigenvalue weighted by atomic mass is 16.4. The van der Waals surface area contributed by atoms with E-state index in [9.17, 15) is 9.59 Å². The summed E-state index contributed by atoms with van der Waals surface area (Å²) in [5.74, 6) is -0.0550. The molecule has 4 heteroatoms. The predicted molar refractivity (Wildman–Crippen MR) is 68.9 cm³/mol. The number of hydrogen-bond acceptors (Lipinski definition) is 2. The van der Waals surface area contributed by atoms with E-state index in [0.717, 1.165) is 10.8 Å². The molecule has 18 heavy (non-hydrogen) atoms. The van der Waals surface area contributed by atoms with Gasteiger partial charge in [-0.05, 0) is 10.8 Å². The summed E-state index contributed by atoms with van der Waals surface area (Å²) in [7, 11) is 0. The van der Waals surface area contributed by atoms with E-state index in [0.29, 0.717) is 5.56 Å². The van der Waals surface area contributed by atoms with Crippen LogP contribution in [0.5, 0.6) is 0 Å². The minimum atomic E-state index is -1.11. The Morgan fingerprint density at radius 1 is 1.06 bits per heavy atom. The van der Waals surface area contributed by atoms with E-state index in [1.165, 1.54) is 0 Å². The van der Waals surface area contributed by atoms with Crippen molar-refractivity contribution < 1.29 is 14.7 Å². The number of Topliss-reactive ketones (excluding diaryl/α,β-unsaturated/α-hetero) is 1. The Morgan fingerprint density at radius 3 is 2.56 bits per heavy atom. The molecule has 1 amide bonds. The summed E-state index contributed by atoms with van der Waals surface area (Å²) in [4.78, 5) is 22.3. The van der Waals surface area contributed by atoms with Crippen LogP contribution in [0, 0.1) is 0 Å². The number of ketones is 1. The summed E-state index contributed by atoms with van der Waals surface area (Å²) in [6.45, 7) is 0.136. The van der Waals surface area contributed by atoms with Crippen LogP contribution in [0.15, 0.2) is 42.5 Å². The Labute approximate surface area is 104 Å². The van der Waals surface area contributed by atoms with Crippen molar-refractivity contribution in [3.63, 3.8) is 0 Å². The van der Waals surface area contributed by atoms with E-state index < -0.39 is 6.09 Å². The molecule has 0 aliphatic carbocycles. The number of rotatable bonds is 4. The van der Waals surface area contributed by atoms with Gasteiger partial charge in [-0.3, -0.25) is 4.79 Å². The lowest BCUT2D eigenvalue weighted by Gasteiger charge is -2.05. The first-order chi connectivity index (χ1) is 8.68. The molecule has 2 N–H and O–H groups in total. The molecule has 0 bridgehead atoms. The number of benzene rings is 2. The van der Waals surface area contributed by atoms with E-state index in [2.05, 4.69) is 5.32 Å². The lowest BCUT2D eigenvalue weighted by molar-refractivity contribution is 0.0984. The van der Waals surface area contributed by atoms with Gasteiger partial charge in [0.15, 0.2) is 5.78 Å². The van der Waals surface area contributed by atoms with Gasteiger partial charge in [0.05, 0.1) is 0 Å². The first-order valence-corrected chi connectivity index (χ1v) is 5.66. The van der Waals surface area contributed by atoms with Gasteiger partial charge in [0.1, 0.15) is 0 Å². The number of carboxylic acid groups (broad SMARTS) is 1. The molecule has 0 unspecified atom stereocenters. The molecule has 2 aromatic rings. The molecule has 0 saturated carbocycles. The zero-order valence-electron chi connectivity index (χ0n) is 9.72. The van der Waals surface area contributed by atoms with Crippen molar-refractivity contribution in [2.75, 3.05) is 6.54 Å². The summed E-state index contributed by atoms with van der Waals surface area (Å²) in [6.07, 6.45) is -0.943. The van der Waals surface area contributed by atoms with Crippen molar-refractivity contribution in [2.24, 2.45) is 0 Å². The third-order valence-corrected chi connectivity index (χ3v) is 2.72. The Hall–Kier alpha value is -2.36. The fraction of sp³-hybridized carbons (Fsp3) is 0.143. The first-order valence-electron chi connectivity index (χ1n) is 5.66. The van der Waals surface area contributed by atoms with Crippen LogP contribution in [0.25, 0.3) is 10.8 Å². The molecule has 4 nitrogen and oxygen atoms in total. The van der Waals surface area contributed by atoms with Gasteiger partial charge in [0, 0.05) is 18.5 Å². The predicted octanol–water partition coefficient (Wildman–Crippen LogP) is 2.68. The summed E-state index contributed by atoms with van der Waals surface area (Å²) in [5, 5.41) is 12.5. The fourth-order valence-electron chi connectivity index (χ4n) is 1.89. The molecule has 2 rings (SSSR count). The van der Waals surface area contributed by atoms with Crippen molar-refractivity contribution in [3.8, 4) is 0 Å². The Balaban J connectivity index is 2.20.